The van der Waals surface area contributed by atoms with Crippen LogP contribution in [0.25, 0.3) is 0 Å². The molecule has 1 fully saturated rings. The fraction of sp³-hybridized carbons (Fsp3) is 1.00. The number of hydrogen-bond acceptors (Lipinski definition) is 1. The SMILES string of the molecule is CCCCC1CCC(CO)(C(CC)CC)CC1. The molecule has 0 saturated heterocycles. The van der Waals surface area contributed by atoms with Gasteiger partial charge in [0, 0.05) is 6.61 Å². The molecule has 102 valence electrons. The van der Waals surface area contributed by atoms with Crippen molar-refractivity contribution in [3.8, 4) is 0 Å². The third-order valence-electron chi connectivity index (χ3n) is 5.23. The summed E-state index contributed by atoms with van der Waals surface area (Å²) in [6.07, 6.45) is 11.9. The molecule has 0 heterocycles. The van der Waals surface area contributed by atoms with Crippen LogP contribution in [0.2, 0.25) is 0 Å². The summed E-state index contributed by atoms with van der Waals surface area (Å²) in [5, 5.41) is 9.84. The van der Waals surface area contributed by atoms with Gasteiger partial charge in [0.15, 0.2) is 0 Å². The van der Waals surface area contributed by atoms with Gasteiger partial charge in [-0.25, -0.2) is 0 Å². The van der Waals surface area contributed by atoms with Crippen LogP contribution in [0.5, 0.6) is 0 Å². The number of aliphatic hydroxyl groups excluding tert-OH is 1. The predicted molar refractivity (Wildman–Crippen MR) is 75.1 cm³/mol. The highest BCUT2D eigenvalue weighted by Gasteiger charge is 2.39. The van der Waals surface area contributed by atoms with Gasteiger partial charge in [-0.05, 0) is 42.9 Å². The number of hydrogen-bond donors (Lipinski definition) is 1. The zero-order valence-electron chi connectivity index (χ0n) is 12.2. The molecule has 0 radical (unpaired) electrons. The first kappa shape index (κ1) is 15.0. The summed E-state index contributed by atoms with van der Waals surface area (Å²) in [5.74, 6) is 1.68. The molecular weight excluding hydrogens is 208 g/mol. The van der Waals surface area contributed by atoms with Crippen molar-refractivity contribution in [3.63, 3.8) is 0 Å². The van der Waals surface area contributed by atoms with E-state index in [9.17, 15) is 5.11 Å². The van der Waals surface area contributed by atoms with Crippen LogP contribution in [0.1, 0.15) is 78.6 Å². The summed E-state index contributed by atoms with van der Waals surface area (Å²) < 4.78 is 0. The minimum absolute atomic E-state index is 0.270. The third kappa shape index (κ3) is 3.71. The number of rotatable bonds is 7. The van der Waals surface area contributed by atoms with Crippen molar-refractivity contribution in [2.45, 2.75) is 78.6 Å². The molecule has 0 aliphatic heterocycles. The molecule has 1 saturated carbocycles. The Morgan fingerprint density at radius 2 is 1.71 bits per heavy atom. The smallest absolute Gasteiger partial charge is 0.0490 e. The Kier molecular flexibility index (Phi) is 6.54. The van der Waals surface area contributed by atoms with Crippen molar-refractivity contribution < 1.29 is 5.11 Å². The minimum Gasteiger partial charge on any atom is -0.396 e. The van der Waals surface area contributed by atoms with E-state index in [1.807, 2.05) is 0 Å². The fourth-order valence-electron chi connectivity index (χ4n) is 3.88. The van der Waals surface area contributed by atoms with Gasteiger partial charge in [0.25, 0.3) is 0 Å². The molecule has 1 N–H and O–H groups in total. The second kappa shape index (κ2) is 7.41. The van der Waals surface area contributed by atoms with Gasteiger partial charge in [-0.1, -0.05) is 52.9 Å². The normalized spacial score (nSPS) is 29.8. The van der Waals surface area contributed by atoms with Crippen molar-refractivity contribution in [2.75, 3.05) is 6.61 Å². The minimum atomic E-state index is 0.270. The van der Waals surface area contributed by atoms with Gasteiger partial charge < -0.3 is 5.11 Å². The zero-order valence-corrected chi connectivity index (χ0v) is 12.2. The average Bonchev–Trinajstić information content (AvgIpc) is 2.39. The standard InChI is InChI=1S/C16H32O/c1-4-7-8-14-9-11-16(13-17,12-10-14)15(5-2)6-3/h14-15,17H,4-13H2,1-3H3. The van der Waals surface area contributed by atoms with E-state index < -0.39 is 0 Å². The molecule has 0 amide bonds. The van der Waals surface area contributed by atoms with Crippen molar-refractivity contribution >= 4 is 0 Å². The van der Waals surface area contributed by atoms with Crippen LogP contribution in [0, 0.1) is 17.3 Å². The molecule has 0 bridgehead atoms. The van der Waals surface area contributed by atoms with Crippen molar-refractivity contribution in [1.82, 2.24) is 0 Å². The molecule has 0 atom stereocenters. The first-order valence-corrected chi connectivity index (χ1v) is 7.83. The lowest BCUT2D eigenvalue weighted by molar-refractivity contribution is 0.00417. The lowest BCUT2D eigenvalue weighted by Crippen LogP contribution is -2.38. The van der Waals surface area contributed by atoms with Crippen molar-refractivity contribution in [3.05, 3.63) is 0 Å². The van der Waals surface area contributed by atoms with Gasteiger partial charge in [0.2, 0.25) is 0 Å². The van der Waals surface area contributed by atoms with Gasteiger partial charge in [0.1, 0.15) is 0 Å². The summed E-state index contributed by atoms with van der Waals surface area (Å²) in [6.45, 7) is 7.27. The molecule has 0 aromatic rings. The fourth-order valence-corrected chi connectivity index (χ4v) is 3.88. The molecule has 0 aromatic carbocycles. The van der Waals surface area contributed by atoms with E-state index in [1.54, 1.807) is 0 Å². The molecule has 1 aliphatic rings. The second-order valence-electron chi connectivity index (χ2n) is 6.12. The van der Waals surface area contributed by atoms with Gasteiger partial charge in [-0.15, -0.1) is 0 Å². The van der Waals surface area contributed by atoms with Crippen molar-refractivity contribution in [1.29, 1.82) is 0 Å². The quantitative estimate of drug-likeness (QED) is 0.679. The highest BCUT2D eigenvalue weighted by atomic mass is 16.3. The van der Waals surface area contributed by atoms with Crippen LogP contribution in [0.15, 0.2) is 0 Å². The number of unbranched alkanes of at least 4 members (excludes halogenated alkanes) is 1. The first-order chi connectivity index (χ1) is 8.22. The average molecular weight is 240 g/mol. The highest BCUT2D eigenvalue weighted by Crippen LogP contribution is 2.47. The first-order valence-electron chi connectivity index (χ1n) is 7.83. The van der Waals surface area contributed by atoms with Crippen LogP contribution in [0.3, 0.4) is 0 Å². The molecule has 1 nitrogen and oxygen atoms in total. The Morgan fingerprint density at radius 1 is 1.12 bits per heavy atom. The molecular formula is C16H32O. The monoisotopic (exact) mass is 240 g/mol. The molecule has 0 aromatic heterocycles. The highest BCUT2D eigenvalue weighted by molar-refractivity contribution is 4.89. The second-order valence-corrected chi connectivity index (χ2v) is 6.12. The lowest BCUT2D eigenvalue weighted by atomic mass is 9.62. The Bertz CT molecular complexity index is 188. The van der Waals surface area contributed by atoms with E-state index in [0.29, 0.717) is 6.61 Å². The van der Waals surface area contributed by atoms with Crippen LogP contribution >= 0.6 is 0 Å². The molecule has 0 unspecified atom stereocenters. The Labute approximate surface area is 108 Å². The van der Waals surface area contributed by atoms with Gasteiger partial charge >= 0.3 is 0 Å². The van der Waals surface area contributed by atoms with Crippen LogP contribution < -0.4 is 0 Å². The summed E-state index contributed by atoms with van der Waals surface area (Å²) in [6, 6.07) is 0. The van der Waals surface area contributed by atoms with Gasteiger partial charge in [0.05, 0.1) is 0 Å². The van der Waals surface area contributed by atoms with E-state index in [-0.39, 0.29) is 5.41 Å². The maximum absolute atomic E-state index is 9.84. The van der Waals surface area contributed by atoms with Crippen LogP contribution in [-0.4, -0.2) is 11.7 Å². The number of aliphatic hydroxyl groups is 1. The molecule has 1 heteroatoms. The third-order valence-corrected chi connectivity index (χ3v) is 5.23. The predicted octanol–water partition coefficient (Wildman–Crippen LogP) is 4.78. The Balaban J connectivity index is 2.50. The Hall–Kier alpha value is -0.0400. The summed E-state index contributed by atoms with van der Waals surface area (Å²) in [5.41, 5.74) is 0.270. The summed E-state index contributed by atoms with van der Waals surface area (Å²) in [7, 11) is 0. The van der Waals surface area contributed by atoms with E-state index in [1.165, 1.54) is 57.8 Å². The summed E-state index contributed by atoms with van der Waals surface area (Å²) >= 11 is 0. The topological polar surface area (TPSA) is 20.2 Å². The summed E-state index contributed by atoms with van der Waals surface area (Å²) in [4.78, 5) is 0. The largest absolute Gasteiger partial charge is 0.396 e. The van der Waals surface area contributed by atoms with Crippen LogP contribution in [-0.2, 0) is 0 Å². The maximum atomic E-state index is 9.84. The van der Waals surface area contributed by atoms with E-state index in [4.69, 9.17) is 0 Å². The molecule has 0 spiro atoms. The zero-order chi connectivity index (χ0) is 12.7. The van der Waals surface area contributed by atoms with E-state index in [2.05, 4.69) is 20.8 Å². The molecule has 17 heavy (non-hydrogen) atoms. The maximum Gasteiger partial charge on any atom is 0.0490 e. The van der Waals surface area contributed by atoms with Gasteiger partial charge in [-0.2, -0.15) is 0 Å². The van der Waals surface area contributed by atoms with E-state index >= 15 is 0 Å². The molecule has 1 rings (SSSR count). The van der Waals surface area contributed by atoms with Crippen LogP contribution in [0.4, 0.5) is 0 Å². The Morgan fingerprint density at radius 3 is 2.12 bits per heavy atom. The lowest BCUT2D eigenvalue weighted by Gasteiger charge is -2.44. The van der Waals surface area contributed by atoms with Gasteiger partial charge in [-0.3, -0.25) is 0 Å². The van der Waals surface area contributed by atoms with Crippen molar-refractivity contribution in [2.24, 2.45) is 17.3 Å². The molecule has 1 aliphatic carbocycles. The van der Waals surface area contributed by atoms with E-state index in [0.717, 1.165) is 11.8 Å².